The molecule has 2 amide bonds. The molecule has 0 aliphatic rings. The van der Waals surface area contributed by atoms with Gasteiger partial charge >= 0.3 is 0 Å². The van der Waals surface area contributed by atoms with E-state index < -0.39 is 0 Å². The summed E-state index contributed by atoms with van der Waals surface area (Å²) in [7, 11) is 0. The number of rotatable bonds is 9. The van der Waals surface area contributed by atoms with Crippen LogP contribution in [0.15, 0.2) is 24.4 Å². The molecule has 0 spiro atoms. The molecule has 0 rings (SSSR count). The Hall–Kier alpha value is -1.62. The third-order valence-electron chi connectivity index (χ3n) is 2.50. The van der Waals surface area contributed by atoms with Crippen LogP contribution in [0.5, 0.6) is 0 Å². The molecule has 0 saturated heterocycles. The van der Waals surface area contributed by atoms with E-state index in [1.165, 1.54) is 0 Å². The topological polar surface area (TPSA) is 78.4 Å². The Morgan fingerprint density at radius 3 is 2.11 bits per heavy atom. The molecule has 5 heteroatoms. The molecule has 0 aromatic heterocycles. The Morgan fingerprint density at radius 1 is 1.11 bits per heavy atom. The van der Waals surface area contributed by atoms with E-state index in [1.54, 1.807) is 17.6 Å². The lowest BCUT2D eigenvalue weighted by Gasteiger charge is -2.05. The molecule has 0 unspecified atom stereocenters. The van der Waals surface area contributed by atoms with Crippen LogP contribution < -0.4 is 10.8 Å². The highest BCUT2D eigenvalue weighted by Crippen LogP contribution is 2.05. The molecule has 0 aliphatic heterocycles. The Morgan fingerprint density at radius 2 is 1.67 bits per heavy atom. The first-order valence-corrected chi connectivity index (χ1v) is 6.15. The first-order chi connectivity index (χ1) is 8.63. The van der Waals surface area contributed by atoms with Crippen molar-refractivity contribution in [2.24, 2.45) is 0 Å². The molecule has 0 atom stereocenters. The van der Waals surface area contributed by atoms with Gasteiger partial charge in [-0.2, -0.15) is 0 Å². The predicted molar refractivity (Wildman–Crippen MR) is 69.7 cm³/mol. The van der Waals surface area contributed by atoms with Gasteiger partial charge in [0.2, 0.25) is 11.8 Å². The number of allylic oxidation sites excluding steroid dienone is 2. The minimum atomic E-state index is -0.364. The molecular weight excluding hydrogens is 232 g/mol. The zero-order valence-corrected chi connectivity index (χ0v) is 10.9. The quantitative estimate of drug-likeness (QED) is 0.255. The molecule has 3 N–H and O–H groups in total. The fraction of sp³-hybridized carbons (Fsp3) is 0.538. The number of carbonyl (C=O) groups is 2. The normalized spacial score (nSPS) is 10.9. The average molecular weight is 254 g/mol. The average Bonchev–Trinajstić information content (AvgIpc) is 2.39. The van der Waals surface area contributed by atoms with E-state index in [2.05, 4.69) is 11.9 Å². The van der Waals surface area contributed by atoms with Crippen molar-refractivity contribution in [3.05, 3.63) is 24.4 Å². The van der Waals surface area contributed by atoms with E-state index in [4.69, 9.17) is 5.21 Å². The van der Waals surface area contributed by atoms with Gasteiger partial charge < -0.3 is 5.32 Å². The highest BCUT2D eigenvalue weighted by molar-refractivity contribution is 5.78. The van der Waals surface area contributed by atoms with Crippen molar-refractivity contribution in [2.75, 3.05) is 0 Å². The fourth-order valence-electron chi connectivity index (χ4n) is 1.45. The summed E-state index contributed by atoms with van der Waals surface area (Å²) in [6.07, 6.45) is 7.47. The van der Waals surface area contributed by atoms with E-state index in [-0.39, 0.29) is 11.8 Å². The lowest BCUT2D eigenvalue weighted by atomic mass is 10.1. The van der Waals surface area contributed by atoms with Crippen molar-refractivity contribution in [2.45, 2.75) is 45.4 Å². The van der Waals surface area contributed by atoms with Gasteiger partial charge in [0.05, 0.1) is 0 Å². The fourth-order valence-corrected chi connectivity index (χ4v) is 1.45. The van der Waals surface area contributed by atoms with Gasteiger partial charge in [-0.05, 0) is 25.8 Å². The monoisotopic (exact) mass is 254 g/mol. The molecule has 5 nitrogen and oxygen atoms in total. The minimum absolute atomic E-state index is 0.0175. The van der Waals surface area contributed by atoms with Crippen LogP contribution in [0.1, 0.15) is 45.4 Å². The van der Waals surface area contributed by atoms with Crippen LogP contribution in [-0.2, 0) is 9.59 Å². The van der Waals surface area contributed by atoms with Crippen molar-refractivity contribution in [1.29, 1.82) is 0 Å². The maximum absolute atomic E-state index is 11.5. The maximum Gasteiger partial charge on any atom is 0.243 e. The number of unbranched alkanes of at least 4 members (excludes halogenated alkanes) is 3. The molecule has 0 radical (unpaired) electrons. The zero-order chi connectivity index (χ0) is 13.8. The van der Waals surface area contributed by atoms with Crippen molar-refractivity contribution in [3.8, 4) is 0 Å². The lowest BCUT2D eigenvalue weighted by Crippen LogP contribution is -2.21. The number of hydrogen-bond donors (Lipinski definition) is 3. The molecule has 0 aromatic rings. The molecule has 0 fully saturated rings. The van der Waals surface area contributed by atoms with E-state index in [9.17, 15) is 9.59 Å². The summed E-state index contributed by atoms with van der Waals surface area (Å²) in [5, 5.41) is 11.0. The van der Waals surface area contributed by atoms with Crippen LogP contribution in [-0.4, -0.2) is 17.0 Å². The van der Waals surface area contributed by atoms with Gasteiger partial charge in [0, 0.05) is 18.5 Å². The van der Waals surface area contributed by atoms with E-state index >= 15 is 0 Å². The van der Waals surface area contributed by atoms with Crippen molar-refractivity contribution >= 4 is 11.8 Å². The number of carbonyl (C=O) groups excluding carboxylic acids is 2. The van der Waals surface area contributed by atoms with Crippen LogP contribution >= 0.6 is 0 Å². The number of amides is 2. The Kier molecular flexibility index (Phi) is 9.58. The minimum Gasteiger partial charge on any atom is -0.326 e. The SMILES string of the molecule is C=C/C(=C\C)NC(=O)CCCCCCC(=O)NO. The predicted octanol–water partition coefficient (Wildman–Crippen LogP) is 2.04. The zero-order valence-electron chi connectivity index (χ0n) is 10.9. The van der Waals surface area contributed by atoms with Crippen LogP contribution in [0.2, 0.25) is 0 Å². The van der Waals surface area contributed by atoms with Gasteiger partial charge in [-0.25, -0.2) is 5.48 Å². The van der Waals surface area contributed by atoms with Gasteiger partial charge in [-0.1, -0.05) is 25.5 Å². The lowest BCUT2D eigenvalue weighted by molar-refractivity contribution is -0.129. The first kappa shape index (κ1) is 16.4. The van der Waals surface area contributed by atoms with Gasteiger partial charge in [0.25, 0.3) is 0 Å². The smallest absolute Gasteiger partial charge is 0.243 e. The molecule has 102 valence electrons. The summed E-state index contributed by atoms with van der Waals surface area (Å²) in [4.78, 5) is 22.2. The first-order valence-electron chi connectivity index (χ1n) is 6.15. The number of nitrogens with one attached hydrogen (secondary N) is 2. The molecule has 0 saturated carbocycles. The Labute approximate surface area is 108 Å². The summed E-state index contributed by atoms with van der Waals surface area (Å²) in [5.41, 5.74) is 2.31. The summed E-state index contributed by atoms with van der Waals surface area (Å²) in [6, 6.07) is 0. The van der Waals surface area contributed by atoms with E-state index in [1.807, 2.05) is 6.92 Å². The molecule has 0 aliphatic carbocycles. The van der Waals surface area contributed by atoms with Gasteiger partial charge in [-0.3, -0.25) is 14.8 Å². The summed E-state index contributed by atoms with van der Waals surface area (Å²) in [5.74, 6) is -0.382. The second-order valence-corrected chi connectivity index (χ2v) is 3.95. The highest BCUT2D eigenvalue weighted by Gasteiger charge is 2.02. The Bertz CT molecular complexity index is 311. The van der Waals surface area contributed by atoms with Crippen molar-refractivity contribution in [1.82, 2.24) is 10.8 Å². The maximum atomic E-state index is 11.5. The van der Waals surface area contributed by atoms with Gasteiger partial charge in [0.15, 0.2) is 0 Å². The molecule has 0 heterocycles. The second-order valence-electron chi connectivity index (χ2n) is 3.95. The summed E-state index contributed by atoms with van der Waals surface area (Å²) in [6.45, 7) is 5.43. The van der Waals surface area contributed by atoms with Crippen LogP contribution in [0.25, 0.3) is 0 Å². The molecular formula is C13H22N2O3. The molecule has 0 aromatic carbocycles. The summed E-state index contributed by atoms with van der Waals surface area (Å²) >= 11 is 0. The van der Waals surface area contributed by atoms with Crippen molar-refractivity contribution in [3.63, 3.8) is 0 Å². The van der Waals surface area contributed by atoms with Crippen LogP contribution in [0.3, 0.4) is 0 Å². The number of hydroxylamine groups is 1. The third-order valence-corrected chi connectivity index (χ3v) is 2.50. The highest BCUT2D eigenvalue weighted by atomic mass is 16.5. The van der Waals surface area contributed by atoms with Crippen molar-refractivity contribution < 1.29 is 14.8 Å². The molecule has 18 heavy (non-hydrogen) atoms. The van der Waals surface area contributed by atoms with E-state index in [0.717, 1.165) is 31.4 Å². The van der Waals surface area contributed by atoms with E-state index in [0.29, 0.717) is 12.8 Å². The third kappa shape index (κ3) is 8.52. The van der Waals surface area contributed by atoms with Crippen LogP contribution in [0.4, 0.5) is 0 Å². The Balaban J connectivity index is 3.52. The number of hydrogen-bond acceptors (Lipinski definition) is 3. The van der Waals surface area contributed by atoms with Crippen LogP contribution in [0, 0.1) is 0 Å². The van der Waals surface area contributed by atoms with Gasteiger partial charge in [0.1, 0.15) is 0 Å². The van der Waals surface area contributed by atoms with Gasteiger partial charge in [-0.15, -0.1) is 0 Å². The summed E-state index contributed by atoms with van der Waals surface area (Å²) < 4.78 is 0. The largest absolute Gasteiger partial charge is 0.326 e. The second kappa shape index (κ2) is 10.5. The standard InChI is InChI=1S/C13H22N2O3/c1-3-11(4-2)14-12(16)9-7-5-6-8-10-13(17)15-18/h3-4,18H,1,5-10H2,2H3,(H,14,16)(H,15,17)/b11-4+. The molecule has 0 bridgehead atoms.